The summed E-state index contributed by atoms with van der Waals surface area (Å²) in [6.45, 7) is 0.831. The molecule has 1 aromatic carbocycles. The molecule has 3 N–H and O–H groups in total. The van der Waals surface area contributed by atoms with Crippen LogP contribution in [0.25, 0.3) is 11.3 Å². The summed E-state index contributed by atoms with van der Waals surface area (Å²) in [5.74, 6) is -2.56. The summed E-state index contributed by atoms with van der Waals surface area (Å²) in [6.07, 6.45) is 4.50. The molecule has 174 valence electrons. The van der Waals surface area contributed by atoms with Crippen LogP contribution in [0.15, 0.2) is 24.7 Å². The number of carbonyl (C=O) groups excluding carboxylic acids is 2. The Morgan fingerprint density at radius 2 is 2.09 bits per heavy atom. The summed E-state index contributed by atoms with van der Waals surface area (Å²) in [6, 6.07) is 2.31. The molecule has 0 aliphatic carbocycles. The molecule has 10 nitrogen and oxygen atoms in total. The van der Waals surface area contributed by atoms with Crippen LogP contribution in [-0.4, -0.2) is 60.7 Å². The van der Waals surface area contributed by atoms with E-state index in [4.69, 9.17) is 11.6 Å². The Balaban J connectivity index is 1.67. The molecule has 2 aromatic rings. The van der Waals surface area contributed by atoms with Crippen molar-refractivity contribution in [2.75, 3.05) is 25.9 Å². The van der Waals surface area contributed by atoms with E-state index < -0.39 is 27.3 Å². The molecule has 1 aliphatic rings. The minimum absolute atomic E-state index is 0.270. The summed E-state index contributed by atoms with van der Waals surface area (Å²) < 4.78 is 41.0. The lowest BCUT2D eigenvalue weighted by Gasteiger charge is -2.32. The molecule has 32 heavy (non-hydrogen) atoms. The smallest absolute Gasteiger partial charge is 0.317 e. The molecule has 0 radical (unpaired) electrons. The number of amides is 3. The fourth-order valence-electron chi connectivity index (χ4n) is 3.55. The van der Waals surface area contributed by atoms with Crippen LogP contribution in [0.4, 0.5) is 9.18 Å². The van der Waals surface area contributed by atoms with Crippen molar-refractivity contribution in [1.82, 2.24) is 30.0 Å². The number of imidazole rings is 1. The Bertz CT molecular complexity index is 1120. The number of hydrogen-bond acceptors (Lipinski definition) is 5. The Labute approximate surface area is 190 Å². The maximum atomic E-state index is 14.5. The Kier molecular flexibility index (Phi) is 7.36. The van der Waals surface area contributed by atoms with Crippen LogP contribution < -0.4 is 15.6 Å². The number of halogens is 2. The third kappa shape index (κ3) is 5.75. The third-order valence-electron chi connectivity index (χ3n) is 5.07. The molecule has 1 saturated heterocycles. The Morgan fingerprint density at radius 3 is 2.75 bits per heavy atom. The number of carbonyl (C=O) groups is 2. The zero-order chi connectivity index (χ0) is 23.5. The SMILES string of the molecule is CNC(=O)N1CCCC(CS(=O)(=O)NNC(=O)c2cc(-c3cn(C)cn3)cc(Cl)c2F)C1. The van der Waals surface area contributed by atoms with Gasteiger partial charge in [-0.25, -0.2) is 22.6 Å². The molecule has 3 rings (SSSR count). The number of piperidine rings is 1. The van der Waals surface area contributed by atoms with Crippen LogP contribution in [0.5, 0.6) is 0 Å². The Morgan fingerprint density at radius 1 is 1.34 bits per heavy atom. The molecule has 2 heterocycles. The highest BCUT2D eigenvalue weighted by atomic mass is 35.5. The number of hydrazine groups is 1. The van der Waals surface area contributed by atoms with E-state index in [1.807, 2.05) is 10.3 Å². The van der Waals surface area contributed by atoms with E-state index in [0.717, 1.165) is 0 Å². The van der Waals surface area contributed by atoms with Crippen molar-refractivity contribution in [3.8, 4) is 11.3 Å². The van der Waals surface area contributed by atoms with E-state index in [1.54, 1.807) is 22.7 Å². The molecule has 13 heteroatoms. The topological polar surface area (TPSA) is 125 Å². The molecule has 1 aliphatic heterocycles. The van der Waals surface area contributed by atoms with Gasteiger partial charge in [-0.2, -0.15) is 0 Å². The molecular weight excluding hydrogens is 463 g/mol. The second-order valence-electron chi connectivity index (χ2n) is 7.59. The average molecular weight is 487 g/mol. The Hall–Kier alpha value is -2.70. The van der Waals surface area contributed by atoms with Gasteiger partial charge in [-0.3, -0.25) is 10.2 Å². The zero-order valence-corrected chi connectivity index (χ0v) is 19.1. The van der Waals surface area contributed by atoms with Gasteiger partial charge in [0.1, 0.15) is 0 Å². The summed E-state index contributed by atoms with van der Waals surface area (Å²) in [5.41, 5.74) is 2.48. The summed E-state index contributed by atoms with van der Waals surface area (Å²) in [7, 11) is -0.671. The first-order valence-electron chi connectivity index (χ1n) is 9.83. The first kappa shape index (κ1) is 24.0. The van der Waals surface area contributed by atoms with Gasteiger partial charge in [0.2, 0.25) is 10.0 Å². The molecule has 0 spiro atoms. The second-order valence-corrected chi connectivity index (χ2v) is 9.77. The van der Waals surface area contributed by atoms with Crippen molar-refractivity contribution in [2.24, 2.45) is 13.0 Å². The maximum Gasteiger partial charge on any atom is 0.317 e. The van der Waals surface area contributed by atoms with Crippen LogP contribution in [0.1, 0.15) is 23.2 Å². The highest BCUT2D eigenvalue weighted by molar-refractivity contribution is 7.89. The molecule has 1 atom stereocenters. The van der Waals surface area contributed by atoms with Gasteiger partial charge in [0, 0.05) is 38.9 Å². The second kappa shape index (κ2) is 9.84. The summed E-state index contributed by atoms with van der Waals surface area (Å²) in [5, 5.41) is 2.22. The van der Waals surface area contributed by atoms with Gasteiger partial charge in [-0.05, 0) is 30.9 Å². The monoisotopic (exact) mass is 486 g/mol. The van der Waals surface area contributed by atoms with Crippen LogP contribution in [0.3, 0.4) is 0 Å². The number of benzene rings is 1. The lowest BCUT2D eigenvalue weighted by molar-refractivity contribution is 0.0941. The molecule has 0 saturated carbocycles. The van der Waals surface area contributed by atoms with Crippen molar-refractivity contribution >= 4 is 33.6 Å². The van der Waals surface area contributed by atoms with Gasteiger partial charge in [0.15, 0.2) is 5.82 Å². The number of rotatable bonds is 6. The quantitative estimate of drug-likeness (QED) is 0.533. The first-order valence-corrected chi connectivity index (χ1v) is 11.9. The van der Waals surface area contributed by atoms with E-state index in [9.17, 15) is 22.4 Å². The maximum absolute atomic E-state index is 14.5. The number of likely N-dealkylation sites (tertiary alicyclic amines) is 1. The molecule has 0 bridgehead atoms. The zero-order valence-electron chi connectivity index (χ0n) is 17.6. The third-order valence-corrected chi connectivity index (χ3v) is 6.67. The van der Waals surface area contributed by atoms with Crippen molar-refractivity contribution in [3.63, 3.8) is 0 Å². The van der Waals surface area contributed by atoms with E-state index in [0.29, 0.717) is 30.6 Å². The lowest BCUT2D eigenvalue weighted by atomic mass is 10.0. The van der Waals surface area contributed by atoms with Gasteiger partial charge in [-0.1, -0.05) is 11.6 Å². The number of nitrogens with zero attached hydrogens (tertiary/aromatic N) is 3. The number of urea groups is 1. The summed E-state index contributed by atoms with van der Waals surface area (Å²) in [4.78, 5) is 32.0. The van der Waals surface area contributed by atoms with Crippen molar-refractivity contribution in [1.29, 1.82) is 0 Å². The highest BCUT2D eigenvalue weighted by Crippen LogP contribution is 2.27. The average Bonchev–Trinajstić information content (AvgIpc) is 3.19. The van der Waals surface area contributed by atoms with E-state index >= 15 is 0 Å². The minimum Gasteiger partial charge on any atom is -0.341 e. The minimum atomic E-state index is -3.93. The fourth-order valence-corrected chi connectivity index (χ4v) is 4.99. The van der Waals surface area contributed by atoms with E-state index in [1.165, 1.54) is 25.5 Å². The normalized spacial score (nSPS) is 16.6. The highest BCUT2D eigenvalue weighted by Gasteiger charge is 2.28. The van der Waals surface area contributed by atoms with Gasteiger partial charge >= 0.3 is 6.03 Å². The number of sulfonamides is 1. The van der Waals surface area contributed by atoms with Crippen LogP contribution in [0.2, 0.25) is 5.02 Å². The van der Waals surface area contributed by atoms with Gasteiger partial charge in [0.25, 0.3) is 5.91 Å². The predicted octanol–water partition coefficient (Wildman–Crippen LogP) is 1.50. The molecule has 1 aromatic heterocycles. The van der Waals surface area contributed by atoms with Crippen LogP contribution in [0, 0.1) is 11.7 Å². The molecule has 1 fully saturated rings. The van der Waals surface area contributed by atoms with Crippen LogP contribution >= 0.6 is 11.6 Å². The van der Waals surface area contributed by atoms with Crippen molar-refractivity contribution in [3.05, 3.63) is 41.1 Å². The predicted molar refractivity (Wildman–Crippen MR) is 117 cm³/mol. The van der Waals surface area contributed by atoms with Crippen molar-refractivity contribution < 1.29 is 22.4 Å². The van der Waals surface area contributed by atoms with E-state index in [2.05, 4.69) is 10.3 Å². The van der Waals surface area contributed by atoms with E-state index in [-0.39, 0.29) is 29.3 Å². The molecule has 1 unspecified atom stereocenters. The number of aryl methyl sites for hydroxylation is 1. The number of hydrogen-bond donors (Lipinski definition) is 3. The van der Waals surface area contributed by atoms with Gasteiger partial charge < -0.3 is 14.8 Å². The standard InChI is InChI=1S/C19H24ClFN6O4S/c1-22-19(29)27-5-3-4-12(8-27)10-32(30,31)25-24-18(28)14-6-13(7-15(20)17(14)21)16-9-26(2)11-23-16/h6-7,9,11-12,25H,3-5,8,10H2,1-2H3,(H,22,29)(H,24,28). The lowest BCUT2D eigenvalue weighted by Crippen LogP contribution is -2.48. The largest absolute Gasteiger partial charge is 0.341 e. The summed E-state index contributed by atoms with van der Waals surface area (Å²) >= 11 is 5.92. The number of aromatic nitrogens is 2. The number of nitrogens with one attached hydrogen (secondary N) is 3. The van der Waals surface area contributed by atoms with Gasteiger partial charge in [-0.15, -0.1) is 4.83 Å². The van der Waals surface area contributed by atoms with Crippen LogP contribution in [-0.2, 0) is 17.1 Å². The molecular formula is C19H24ClFN6O4S. The molecule has 3 amide bonds. The van der Waals surface area contributed by atoms with Crippen molar-refractivity contribution in [2.45, 2.75) is 12.8 Å². The van der Waals surface area contributed by atoms with Gasteiger partial charge in [0.05, 0.1) is 28.4 Å². The first-order chi connectivity index (χ1) is 15.1. The fraction of sp³-hybridized carbons (Fsp3) is 0.421.